The van der Waals surface area contributed by atoms with Gasteiger partial charge in [0.2, 0.25) is 17.3 Å². The molecule has 1 aromatic heterocycles. The average Bonchev–Trinajstić information content (AvgIpc) is 2.90. The summed E-state index contributed by atoms with van der Waals surface area (Å²) in [7, 11) is 0. The number of pyridine rings is 1. The summed E-state index contributed by atoms with van der Waals surface area (Å²) in [5.41, 5.74) is 1.57. The van der Waals surface area contributed by atoms with Gasteiger partial charge in [0.25, 0.3) is 0 Å². The number of halogens is 1. The summed E-state index contributed by atoms with van der Waals surface area (Å²) in [6, 6.07) is 15.9. The monoisotopic (exact) mass is 396 g/mol. The summed E-state index contributed by atoms with van der Waals surface area (Å²) in [5, 5.41) is 13.0. The third kappa shape index (κ3) is 2.59. The maximum absolute atomic E-state index is 12.9. The lowest BCUT2D eigenvalue weighted by atomic mass is 9.95. The number of nitrogens with zero attached hydrogens (tertiary/aromatic N) is 2. The highest BCUT2D eigenvalue weighted by molar-refractivity contribution is 9.10. The van der Waals surface area contributed by atoms with E-state index in [2.05, 4.69) is 15.9 Å². The smallest absolute Gasteiger partial charge is 0.242 e. The molecule has 1 fully saturated rings. The van der Waals surface area contributed by atoms with E-state index in [-0.39, 0.29) is 18.2 Å². The van der Waals surface area contributed by atoms with Gasteiger partial charge in [0, 0.05) is 27.9 Å². The van der Waals surface area contributed by atoms with Gasteiger partial charge < -0.3 is 5.21 Å². The van der Waals surface area contributed by atoms with E-state index in [1.807, 2.05) is 12.1 Å². The van der Waals surface area contributed by atoms with Crippen molar-refractivity contribution >= 4 is 44.3 Å². The van der Waals surface area contributed by atoms with E-state index in [0.29, 0.717) is 16.8 Å². The van der Waals surface area contributed by atoms with Crippen molar-refractivity contribution in [3.63, 3.8) is 0 Å². The van der Waals surface area contributed by atoms with Crippen LogP contribution in [0.5, 0.6) is 0 Å². The summed E-state index contributed by atoms with van der Waals surface area (Å²) in [6.07, 6.45) is 1.46. The second-order valence-electron chi connectivity index (χ2n) is 5.92. The number of aromatic nitrogens is 1. The molecular formula is C19H13BrN2O3. The molecule has 3 aromatic rings. The SMILES string of the molecule is O=C1CC(c2cccc3ccc[n+]([O-])c23)C(=O)N1c1ccc(Br)cc1. The van der Waals surface area contributed by atoms with E-state index in [1.54, 1.807) is 42.5 Å². The molecule has 0 radical (unpaired) electrons. The number of carbonyl (C=O) groups is 2. The first-order valence-corrected chi connectivity index (χ1v) is 8.59. The lowest BCUT2D eigenvalue weighted by Gasteiger charge is -2.15. The molecule has 2 aromatic carbocycles. The summed E-state index contributed by atoms with van der Waals surface area (Å²) < 4.78 is 1.62. The van der Waals surface area contributed by atoms with Crippen molar-refractivity contribution in [2.24, 2.45) is 0 Å². The number of hydrogen-bond donors (Lipinski definition) is 0. The van der Waals surface area contributed by atoms with Gasteiger partial charge in [0.05, 0.1) is 11.6 Å². The second kappa shape index (κ2) is 5.97. The average molecular weight is 397 g/mol. The quantitative estimate of drug-likeness (QED) is 0.379. The number of imide groups is 1. The Hall–Kier alpha value is -2.73. The van der Waals surface area contributed by atoms with Crippen molar-refractivity contribution in [1.82, 2.24) is 0 Å². The molecule has 4 rings (SSSR count). The summed E-state index contributed by atoms with van der Waals surface area (Å²) in [6.45, 7) is 0. The highest BCUT2D eigenvalue weighted by Gasteiger charge is 2.42. The number of fused-ring (bicyclic) bond motifs is 1. The topological polar surface area (TPSA) is 64.3 Å². The van der Waals surface area contributed by atoms with Gasteiger partial charge in [0.1, 0.15) is 0 Å². The van der Waals surface area contributed by atoms with Crippen LogP contribution in [0, 0.1) is 5.21 Å². The maximum atomic E-state index is 12.9. The van der Waals surface area contributed by atoms with Crippen LogP contribution in [0.4, 0.5) is 5.69 Å². The van der Waals surface area contributed by atoms with Crippen LogP contribution < -0.4 is 9.63 Å². The summed E-state index contributed by atoms with van der Waals surface area (Å²) in [5.74, 6) is -1.21. The fraction of sp³-hybridized carbons (Fsp3) is 0.105. The van der Waals surface area contributed by atoms with Crippen LogP contribution in [0.15, 0.2) is 65.3 Å². The molecule has 0 aliphatic carbocycles. The molecule has 1 saturated heterocycles. The number of rotatable bonds is 2. The zero-order valence-electron chi connectivity index (χ0n) is 13.1. The zero-order chi connectivity index (χ0) is 17.6. The Labute approximate surface area is 152 Å². The van der Waals surface area contributed by atoms with Crippen LogP contribution in [-0.4, -0.2) is 11.8 Å². The highest BCUT2D eigenvalue weighted by Crippen LogP contribution is 2.35. The number of carbonyl (C=O) groups excluding carboxylic acids is 2. The van der Waals surface area contributed by atoms with Gasteiger partial charge in [-0.1, -0.05) is 28.1 Å². The van der Waals surface area contributed by atoms with Crippen molar-refractivity contribution < 1.29 is 14.3 Å². The predicted molar refractivity (Wildman–Crippen MR) is 96.9 cm³/mol. The van der Waals surface area contributed by atoms with Crippen molar-refractivity contribution in [2.45, 2.75) is 12.3 Å². The number of anilines is 1. The first kappa shape index (κ1) is 15.8. The van der Waals surface area contributed by atoms with Gasteiger partial charge in [-0.05, 0) is 36.4 Å². The minimum absolute atomic E-state index is 0.0584. The van der Waals surface area contributed by atoms with Crippen LogP contribution in [-0.2, 0) is 9.59 Å². The third-order valence-electron chi connectivity index (χ3n) is 4.42. The largest absolute Gasteiger partial charge is 0.618 e. The van der Waals surface area contributed by atoms with E-state index < -0.39 is 5.92 Å². The van der Waals surface area contributed by atoms with Crippen LogP contribution in [0.3, 0.4) is 0 Å². The van der Waals surface area contributed by atoms with Crippen LogP contribution in [0.1, 0.15) is 17.9 Å². The fourth-order valence-corrected chi connectivity index (χ4v) is 3.55. The summed E-state index contributed by atoms with van der Waals surface area (Å²) in [4.78, 5) is 26.6. The Bertz CT molecular complexity index is 996. The Kier molecular flexibility index (Phi) is 3.77. The van der Waals surface area contributed by atoms with Crippen molar-refractivity contribution in [1.29, 1.82) is 0 Å². The third-order valence-corrected chi connectivity index (χ3v) is 4.95. The Balaban J connectivity index is 1.80. The molecule has 0 spiro atoms. The fourth-order valence-electron chi connectivity index (χ4n) is 3.29. The van der Waals surface area contributed by atoms with Gasteiger partial charge in [-0.2, -0.15) is 4.73 Å². The lowest BCUT2D eigenvalue weighted by Crippen LogP contribution is -2.31. The van der Waals surface area contributed by atoms with E-state index in [9.17, 15) is 14.8 Å². The van der Waals surface area contributed by atoms with Crippen molar-refractivity contribution in [2.75, 3.05) is 4.90 Å². The standard InChI is InChI=1S/C19H13BrN2O3/c20-13-6-8-14(9-7-13)22-17(23)11-16(19(22)24)15-5-1-3-12-4-2-10-21(25)18(12)15/h1-10,16H,11H2. The number of para-hydroxylation sites is 1. The molecule has 124 valence electrons. The van der Waals surface area contributed by atoms with E-state index in [0.717, 1.165) is 14.6 Å². The van der Waals surface area contributed by atoms with Crippen LogP contribution in [0.25, 0.3) is 10.9 Å². The van der Waals surface area contributed by atoms with E-state index in [4.69, 9.17) is 0 Å². The molecule has 1 atom stereocenters. The van der Waals surface area contributed by atoms with E-state index in [1.165, 1.54) is 11.1 Å². The highest BCUT2D eigenvalue weighted by atomic mass is 79.9. The molecule has 2 amide bonds. The molecule has 2 heterocycles. The molecule has 25 heavy (non-hydrogen) atoms. The Morgan fingerprint density at radius 2 is 1.76 bits per heavy atom. The van der Waals surface area contributed by atoms with Crippen LogP contribution in [0.2, 0.25) is 0 Å². The molecule has 0 saturated carbocycles. The first-order chi connectivity index (χ1) is 12.1. The van der Waals surface area contributed by atoms with Crippen molar-refractivity contribution in [3.8, 4) is 0 Å². The molecule has 1 aliphatic rings. The summed E-state index contributed by atoms with van der Waals surface area (Å²) >= 11 is 3.34. The number of hydrogen-bond acceptors (Lipinski definition) is 3. The molecule has 6 heteroatoms. The predicted octanol–water partition coefficient (Wildman–Crippen LogP) is 3.28. The van der Waals surface area contributed by atoms with Gasteiger partial charge in [-0.15, -0.1) is 0 Å². The Morgan fingerprint density at radius 3 is 2.52 bits per heavy atom. The molecule has 1 aliphatic heterocycles. The minimum atomic E-state index is -0.651. The van der Waals surface area contributed by atoms with Crippen molar-refractivity contribution in [3.05, 3.63) is 76.0 Å². The molecule has 0 bridgehead atoms. The second-order valence-corrected chi connectivity index (χ2v) is 6.84. The first-order valence-electron chi connectivity index (χ1n) is 7.79. The molecule has 1 unspecified atom stereocenters. The minimum Gasteiger partial charge on any atom is -0.618 e. The van der Waals surface area contributed by atoms with E-state index >= 15 is 0 Å². The van der Waals surface area contributed by atoms with Gasteiger partial charge in [-0.3, -0.25) is 14.5 Å². The number of amides is 2. The van der Waals surface area contributed by atoms with Crippen LogP contribution >= 0.6 is 15.9 Å². The zero-order valence-corrected chi connectivity index (χ0v) is 14.6. The molecule has 5 nitrogen and oxygen atoms in total. The van der Waals surface area contributed by atoms with Gasteiger partial charge in [-0.25, -0.2) is 0 Å². The molecular weight excluding hydrogens is 384 g/mol. The normalized spacial score (nSPS) is 17.5. The van der Waals surface area contributed by atoms with Gasteiger partial charge in [0.15, 0.2) is 6.20 Å². The maximum Gasteiger partial charge on any atom is 0.242 e. The number of benzene rings is 2. The lowest BCUT2D eigenvalue weighted by molar-refractivity contribution is -0.577. The molecule has 0 N–H and O–H groups in total. The Morgan fingerprint density at radius 1 is 1.04 bits per heavy atom. The van der Waals surface area contributed by atoms with Gasteiger partial charge >= 0.3 is 0 Å².